The van der Waals surface area contributed by atoms with Gasteiger partial charge in [0.25, 0.3) is 5.78 Å². The van der Waals surface area contributed by atoms with E-state index in [2.05, 4.69) is 26.8 Å². The molecule has 10 fully saturated rings. The van der Waals surface area contributed by atoms with Gasteiger partial charge in [0.1, 0.15) is 37.1 Å². The van der Waals surface area contributed by atoms with Gasteiger partial charge in [-0.3, -0.25) is 9.59 Å². The van der Waals surface area contributed by atoms with E-state index < -0.39 is 176 Å². The summed E-state index contributed by atoms with van der Waals surface area (Å²) < 4.78 is 112. The van der Waals surface area contributed by atoms with Crippen molar-refractivity contribution in [1.29, 1.82) is 0 Å². The highest BCUT2D eigenvalue weighted by atomic mass is 17.2. The summed E-state index contributed by atoms with van der Waals surface area (Å²) in [6.07, 6.45) is -6.88. The lowest BCUT2D eigenvalue weighted by molar-refractivity contribution is -0.472. The number of aliphatic hydroxyl groups is 4. The monoisotopic (exact) mass is 1370 g/mol. The largest absolute Gasteiger partial charge is 0.493 e. The molecule has 34 atom stereocenters. The number of fused-ring (bicyclic) bond motifs is 6. The van der Waals surface area contributed by atoms with Gasteiger partial charge in [-0.25, -0.2) is 4.89 Å². The summed E-state index contributed by atoms with van der Waals surface area (Å²) in [6, 6.07) is 0. The molecule has 4 N–H and O–H groups in total. The molecule has 4 aliphatic carbocycles. The van der Waals surface area contributed by atoms with Crippen LogP contribution in [0.15, 0.2) is 23.5 Å². The van der Waals surface area contributed by atoms with Crippen LogP contribution in [0.1, 0.15) is 173 Å². The van der Waals surface area contributed by atoms with Crippen LogP contribution < -0.4 is 0 Å². The van der Waals surface area contributed by atoms with Crippen LogP contribution in [0.3, 0.4) is 0 Å². The normalized spacial score (nSPS) is 51.8. The number of hydrogen-bond acceptors (Lipinski definition) is 26. The van der Waals surface area contributed by atoms with Crippen LogP contribution in [-0.4, -0.2) is 237 Å². The number of Topliss-reactive ketones (excluding diaryl/α,β-unsaturated/α-hetero) is 1. The van der Waals surface area contributed by atoms with Crippen LogP contribution in [0.25, 0.3) is 0 Å². The maximum Gasteiger partial charge on any atom is 0.303 e. The highest BCUT2D eigenvalue weighted by Gasteiger charge is 2.70. The van der Waals surface area contributed by atoms with Crippen LogP contribution in [0.4, 0.5) is 0 Å². The van der Waals surface area contributed by atoms with Crippen molar-refractivity contribution in [2.24, 2.45) is 28.1 Å². The Bertz CT molecular complexity index is 2730. The van der Waals surface area contributed by atoms with Crippen molar-refractivity contribution < 1.29 is 125 Å². The number of hydrogen-bond donors (Lipinski definition) is 4. The molecule has 8 aliphatic heterocycles. The first-order valence-corrected chi connectivity index (χ1v) is 35.5. The molecule has 3 saturated carbocycles. The van der Waals surface area contributed by atoms with Crippen LogP contribution >= 0.6 is 0 Å². The highest BCUT2D eigenvalue weighted by molar-refractivity contribution is 5.96. The SMILES string of the molecule is COC1=C[C@@H](C)O[C@@H](O[C@H]2CC[C@@]3(C)C(=CC[C@]4(C)[C@H]3CC[C@@]3(C)[C@H]4CC[C@]3(O)[C@H](C)O[C@H]3C[C@H]4OC[C@]5(C[C@H](OC)[C@H](O[C@H]6C[C@H](O)[C@H](O[C@H]7C[C@H](O)[C@H](O[C@H]8C[C@H](OC)[C@H](O[C@@H]9O[C@H](C)[C@H](O)C[C@H]9OC(C)=O)[C@@H](C)O8)[C@@H](C)O7)[C@@H](C)O6)[C@@H](C)O5)OO[C@@H]4[C@@H](C)O3)C2)C1=O. The first-order chi connectivity index (χ1) is 45.5. The molecule has 546 valence electrons. The van der Waals surface area contributed by atoms with Gasteiger partial charge in [-0.1, -0.05) is 32.4 Å². The molecule has 0 bridgehead atoms. The molecule has 26 nitrogen and oxygen atoms in total. The molecule has 0 aromatic carbocycles. The molecule has 12 aliphatic rings. The third-order valence-corrected chi connectivity index (χ3v) is 24.5. The summed E-state index contributed by atoms with van der Waals surface area (Å²) in [5.41, 5.74) is -0.192. The van der Waals surface area contributed by atoms with E-state index in [1.165, 1.54) is 19.6 Å². The quantitative estimate of drug-likeness (QED) is 0.0717. The van der Waals surface area contributed by atoms with Crippen LogP contribution in [0, 0.1) is 28.1 Å². The summed E-state index contributed by atoms with van der Waals surface area (Å²) in [5.74, 6) is -1.21. The van der Waals surface area contributed by atoms with E-state index in [9.17, 15) is 30.0 Å². The van der Waals surface area contributed by atoms with E-state index in [1.54, 1.807) is 48.0 Å². The zero-order chi connectivity index (χ0) is 68.7. The molecule has 12 rings (SSSR count). The first-order valence-electron chi connectivity index (χ1n) is 35.5. The number of aliphatic hydroxyl groups excluding tert-OH is 3. The number of ether oxygens (including phenoxy) is 18. The van der Waals surface area contributed by atoms with Gasteiger partial charge in [0, 0.05) is 65.1 Å². The van der Waals surface area contributed by atoms with Gasteiger partial charge in [0.2, 0.25) is 12.1 Å². The summed E-state index contributed by atoms with van der Waals surface area (Å²) >= 11 is 0. The van der Waals surface area contributed by atoms with Crippen molar-refractivity contribution in [3.8, 4) is 0 Å². The second-order valence-electron chi connectivity index (χ2n) is 30.6. The number of ketones is 1. The predicted octanol–water partition coefficient (Wildman–Crippen LogP) is 6.19. The minimum atomic E-state index is -1.38. The lowest BCUT2D eigenvalue weighted by atomic mass is 9.41. The minimum absolute atomic E-state index is 0.00792. The van der Waals surface area contributed by atoms with E-state index >= 15 is 0 Å². The van der Waals surface area contributed by atoms with Crippen molar-refractivity contribution in [2.75, 3.05) is 27.9 Å². The number of carbonyl (C=O) groups is 2. The lowest BCUT2D eigenvalue weighted by Crippen LogP contribution is -2.62. The van der Waals surface area contributed by atoms with E-state index in [1.807, 2.05) is 27.7 Å². The number of allylic oxidation sites excluding steroid dienone is 1. The van der Waals surface area contributed by atoms with Crippen molar-refractivity contribution in [2.45, 2.75) is 350 Å². The molecule has 0 amide bonds. The van der Waals surface area contributed by atoms with Gasteiger partial charge in [-0.05, 0) is 135 Å². The Balaban J connectivity index is 0.600. The van der Waals surface area contributed by atoms with Gasteiger partial charge < -0.3 is 106 Å². The molecule has 0 radical (unpaired) electrons. The van der Waals surface area contributed by atoms with E-state index in [0.717, 1.165) is 44.9 Å². The van der Waals surface area contributed by atoms with Gasteiger partial charge in [0.05, 0.1) is 104 Å². The van der Waals surface area contributed by atoms with Crippen molar-refractivity contribution >= 4 is 11.8 Å². The van der Waals surface area contributed by atoms with E-state index in [4.69, 9.17) is 95.0 Å². The Labute approximate surface area is 564 Å². The van der Waals surface area contributed by atoms with Gasteiger partial charge >= 0.3 is 5.97 Å². The predicted molar refractivity (Wildman–Crippen MR) is 334 cm³/mol. The fourth-order valence-electron chi connectivity index (χ4n) is 19.3. The summed E-state index contributed by atoms with van der Waals surface area (Å²) in [7, 11) is 4.64. The topological polar surface area (TPSA) is 300 Å². The number of carbonyl (C=O) groups excluding carboxylic acids is 2. The fourth-order valence-corrected chi connectivity index (χ4v) is 19.3. The minimum Gasteiger partial charge on any atom is -0.493 e. The third-order valence-electron chi connectivity index (χ3n) is 24.5. The lowest BCUT2D eigenvalue weighted by Gasteiger charge is -2.64. The Morgan fingerprint density at radius 3 is 1.92 bits per heavy atom. The molecule has 96 heavy (non-hydrogen) atoms. The zero-order valence-corrected chi connectivity index (χ0v) is 58.8. The first kappa shape index (κ1) is 73.3. The van der Waals surface area contributed by atoms with E-state index in [-0.39, 0.29) is 79.2 Å². The smallest absolute Gasteiger partial charge is 0.303 e. The summed E-state index contributed by atoms with van der Waals surface area (Å²) in [6.45, 7) is 23.2. The number of esters is 1. The number of methoxy groups -OCH3 is 3. The second kappa shape index (κ2) is 29.0. The molecule has 0 aromatic heterocycles. The van der Waals surface area contributed by atoms with Crippen molar-refractivity contribution in [3.05, 3.63) is 23.5 Å². The second-order valence-corrected chi connectivity index (χ2v) is 30.6. The maximum absolute atomic E-state index is 13.1. The molecule has 0 aromatic rings. The molecule has 26 heteroatoms. The molecular weight excluding hydrogens is 1260 g/mol. The molecule has 8 heterocycles. The van der Waals surface area contributed by atoms with Gasteiger partial charge in [0.15, 0.2) is 43.3 Å². The Morgan fingerprint density at radius 2 is 1.27 bits per heavy atom. The Hall–Kier alpha value is -2.46. The van der Waals surface area contributed by atoms with Crippen LogP contribution in [0.5, 0.6) is 0 Å². The Morgan fingerprint density at radius 1 is 0.646 bits per heavy atom. The maximum atomic E-state index is 13.1. The molecular formula is C70H110O26. The highest BCUT2D eigenvalue weighted by Crippen LogP contribution is 2.72. The fraction of sp³-hybridized carbons (Fsp3) is 0.914. The van der Waals surface area contributed by atoms with E-state index in [0.29, 0.717) is 18.8 Å². The van der Waals surface area contributed by atoms with Gasteiger partial charge in [-0.15, -0.1) is 0 Å². The molecule has 0 unspecified atom stereocenters. The van der Waals surface area contributed by atoms with Crippen molar-refractivity contribution in [1.82, 2.24) is 0 Å². The number of rotatable bonds is 17. The van der Waals surface area contributed by atoms with Gasteiger partial charge in [-0.2, -0.15) is 4.89 Å². The average Bonchev–Trinajstić information content (AvgIpc) is 1.39. The summed E-state index contributed by atoms with van der Waals surface area (Å²) in [4.78, 5) is 37.5. The van der Waals surface area contributed by atoms with Crippen molar-refractivity contribution in [3.63, 3.8) is 0 Å². The summed E-state index contributed by atoms with van der Waals surface area (Å²) in [5, 5.41) is 46.7. The molecule has 7 saturated heterocycles. The average molecular weight is 1370 g/mol. The zero-order valence-electron chi connectivity index (χ0n) is 58.8. The standard InChI is InChI=1S/C70H110O26/c1-33-24-47(77-13)58(75)65(81-33)89-43-17-21-66(10)42(25-43)16-20-67(11)52(66)18-22-68(12)53(67)19-23-70(68,76)40(8)87-56-30-49-63(38(6)85-56)95-96-69(32-80-49)31-51(79-15)62(39(7)94-69)92-55-28-46(74)59(35(3)83-55)90-54-27-45(73)60(36(4)82-54)91-57-29-48(78-14)61(37(5)84-57)93-64-50(88-41(9)71)26-44(72)34(2)86-64/h16,24,33-40,43-46,48-57,59-65,72-74,76H,17-23,25-32H2,1-15H3/t33-,34-,35-,36-,37-,38-,39-,40+,43+,44-,45+,46+,48+,49-,50-,51+,52+,53+,54+,55+,56+,57+,59-,60-,61-,62-,63-,64+,65+,66+,67-,68+,69+,70+/m1/s1. The molecule has 1 spiro atoms. The van der Waals surface area contributed by atoms with Crippen LogP contribution in [-0.2, 0) is 105 Å². The third kappa shape index (κ3) is 14.1. The Kier molecular flexibility index (Phi) is 22.1. The van der Waals surface area contributed by atoms with Crippen LogP contribution in [0.2, 0.25) is 0 Å².